The molecular formula is C32H51N3O3. The van der Waals surface area contributed by atoms with Crippen molar-refractivity contribution < 1.29 is 14.6 Å². The molecule has 2 atom stereocenters. The number of pyridine rings is 1. The molecule has 2 unspecified atom stereocenters. The van der Waals surface area contributed by atoms with Crippen molar-refractivity contribution >= 4 is 11.8 Å². The van der Waals surface area contributed by atoms with Crippen molar-refractivity contribution in [1.82, 2.24) is 9.88 Å². The first-order valence-corrected chi connectivity index (χ1v) is 14.4. The number of hydrogen-bond acceptors (Lipinski definition) is 5. The van der Waals surface area contributed by atoms with Crippen LogP contribution in [0.25, 0.3) is 0 Å². The van der Waals surface area contributed by atoms with Gasteiger partial charge in [-0.2, -0.15) is 0 Å². The molecule has 3 aliphatic rings. The van der Waals surface area contributed by atoms with Crippen LogP contribution >= 0.6 is 0 Å². The number of carboxylic acids is 1. The van der Waals surface area contributed by atoms with Crippen molar-refractivity contribution in [2.24, 2.45) is 17.3 Å². The number of carboxylic acid groups (broad SMARTS) is 1. The highest BCUT2D eigenvalue weighted by Gasteiger charge is 2.42. The second-order valence-corrected chi connectivity index (χ2v) is 12.0. The van der Waals surface area contributed by atoms with E-state index in [0.29, 0.717) is 19.1 Å². The third-order valence-corrected chi connectivity index (χ3v) is 8.70. The van der Waals surface area contributed by atoms with Gasteiger partial charge in [-0.15, -0.1) is 0 Å². The minimum absolute atomic E-state index is 0. The number of aliphatic carboxylic acids is 1. The van der Waals surface area contributed by atoms with E-state index in [2.05, 4.69) is 42.8 Å². The maximum atomic E-state index is 12.4. The number of carbonyl (C=O) groups is 1. The average Bonchev–Trinajstić information content (AvgIpc) is 2.85. The highest BCUT2D eigenvalue weighted by Crippen LogP contribution is 2.42. The summed E-state index contributed by atoms with van der Waals surface area (Å²) in [4.78, 5) is 19.3. The van der Waals surface area contributed by atoms with Gasteiger partial charge in [0, 0.05) is 31.9 Å². The summed E-state index contributed by atoms with van der Waals surface area (Å²) >= 11 is 0. The average molecular weight is 526 g/mol. The van der Waals surface area contributed by atoms with E-state index in [-0.39, 0.29) is 18.8 Å². The Morgan fingerprint density at radius 2 is 2.05 bits per heavy atom. The molecule has 0 amide bonds. The number of ether oxygens (including phenoxy) is 1. The van der Waals surface area contributed by atoms with Gasteiger partial charge in [-0.3, -0.25) is 9.69 Å². The molecule has 6 heteroatoms. The van der Waals surface area contributed by atoms with Crippen molar-refractivity contribution in [3.05, 3.63) is 47.2 Å². The zero-order valence-electron chi connectivity index (χ0n) is 23.2. The van der Waals surface area contributed by atoms with E-state index in [0.717, 1.165) is 55.9 Å². The molecule has 2 N–H and O–H groups in total. The number of nitrogens with one attached hydrogen (secondary N) is 1. The van der Waals surface area contributed by atoms with E-state index in [1.165, 1.54) is 49.8 Å². The fourth-order valence-electron chi connectivity index (χ4n) is 6.48. The summed E-state index contributed by atoms with van der Waals surface area (Å²) in [6.45, 7) is 14.9. The SMILES string of the molecule is C.C=C(/C(=C\C)C(C(=O)O)N1CC(CCCCCCc2ccc3c(n2)NCCC3)C1)C1CCOCC1(C)C. The van der Waals surface area contributed by atoms with Crippen LogP contribution in [0.3, 0.4) is 0 Å². The fourth-order valence-corrected chi connectivity index (χ4v) is 6.48. The lowest BCUT2D eigenvalue weighted by Crippen LogP contribution is -2.56. The molecule has 2 saturated heterocycles. The van der Waals surface area contributed by atoms with E-state index in [4.69, 9.17) is 9.72 Å². The zero-order valence-corrected chi connectivity index (χ0v) is 23.2. The van der Waals surface area contributed by atoms with Crippen LogP contribution in [0.1, 0.15) is 84.4 Å². The van der Waals surface area contributed by atoms with Crippen molar-refractivity contribution in [2.45, 2.75) is 92.0 Å². The summed E-state index contributed by atoms with van der Waals surface area (Å²) < 4.78 is 5.69. The molecular weight excluding hydrogens is 474 g/mol. The maximum absolute atomic E-state index is 12.4. The third-order valence-electron chi connectivity index (χ3n) is 8.70. The Morgan fingerprint density at radius 1 is 1.29 bits per heavy atom. The molecule has 6 nitrogen and oxygen atoms in total. The summed E-state index contributed by atoms with van der Waals surface area (Å²) in [5.41, 5.74) is 4.39. The number of anilines is 1. The van der Waals surface area contributed by atoms with Gasteiger partial charge in [0.15, 0.2) is 0 Å². The molecule has 4 rings (SSSR count). The quantitative estimate of drug-likeness (QED) is 0.239. The fraction of sp³-hybridized carbons (Fsp3) is 0.688. The number of nitrogens with zero attached hydrogens (tertiary/aromatic N) is 2. The number of aryl methyl sites for hydroxylation is 2. The highest BCUT2D eigenvalue weighted by molar-refractivity contribution is 5.79. The predicted octanol–water partition coefficient (Wildman–Crippen LogP) is 6.52. The number of unbranched alkanes of at least 4 members (excludes halogenated alkanes) is 3. The zero-order chi connectivity index (χ0) is 26.4. The number of rotatable bonds is 12. The number of aromatic nitrogens is 1. The lowest BCUT2D eigenvalue weighted by Gasteiger charge is -2.46. The summed E-state index contributed by atoms with van der Waals surface area (Å²) in [5, 5.41) is 13.6. The summed E-state index contributed by atoms with van der Waals surface area (Å²) in [6.07, 6.45) is 12.3. The lowest BCUT2D eigenvalue weighted by atomic mass is 9.69. The minimum atomic E-state index is -0.761. The molecule has 212 valence electrons. The first kappa shape index (κ1) is 30.4. The monoisotopic (exact) mass is 525 g/mol. The van der Waals surface area contributed by atoms with Crippen molar-refractivity contribution in [3.63, 3.8) is 0 Å². The van der Waals surface area contributed by atoms with Gasteiger partial charge < -0.3 is 15.2 Å². The molecule has 1 aromatic rings. The normalized spacial score (nSPS) is 22.4. The molecule has 0 spiro atoms. The predicted molar refractivity (Wildman–Crippen MR) is 157 cm³/mol. The van der Waals surface area contributed by atoms with Crippen LogP contribution in [0.5, 0.6) is 0 Å². The number of hydrogen-bond donors (Lipinski definition) is 2. The lowest BCUT2D eigenvalue weighted by molar-refractivity contribution is -0.144. The second-order valence-electron chi connectivity index (χ2n) is 12.0. The van der Waals surface area contributed by atoms with Crippen LogP contribution < -0.4 is 5.32 Å². The van der Waals surface area contributed by atoms with Crippen LogP contribution in [-0.2, 0) is 22.4 Å². The van der Waals surface area contributed by atoms with Crippen molar-refractivity contribution in [3.8, 4) is 0 Å². The van der Waals surface area contributed by atoms with Crippen LogP contribution in [0.15, 0.2) is 35.9 Å². The first-order chi connectivity index (χ1) is 17.8. The van der Waals surface area contributed by atoms with Crippen LogP contribution in [-0.4, -0.2) is 59.8 Å². The molecule has 3 aliphatic heterocycles. The summed E-state index contributed by atoms with van der Waals surface area (Å²) in [5.74, 6) is 1.18. The Bertz CT molecular complexity index is 980. The first-order valence-electron chi connectivity index (χ1n) is 14.4. The molecule has 0 aromatic carbocycles. The Morgan fingerprint density at radius 3 is 2.76 bits per heavy atom. The van der Waals surface area contributed by atoms with Crippen LogP contribution in [0.4, 0.5) is 5.82 Å². The molecule has 0 saturated carbocycles. The Labute approximate surface area is 230 Å². The minimum Gasteiger partial charge on any atom is -0.480 e. The standard InChI is InChI=1S/C31H47N3O3.CH4/c1-5-26(22(2)27-16-18-37-21-31(27,3)4)28(30(35)36)34-19-23(20-34)11-8-6-7-9-13-25-15-14-24-12-10-17-32-29(24)33-25;/h5,14-15,23,27-28H,2,6-13,16-21H2,1,3-4H3,(H,32,33)(H,35,36);1H4/b26-5+;. The molecule has 0 aliphatic carbocycles. The van der Waals surface area contributed by atoms with E-state index in [9.17, 15) is 9.90 Å². The molecule has 1 aromatic heterocycles. The van der Waals surface area contributed by atoms with E-state index in [1.54, 1.807) is 0 Å². The second kappa shape index (κ2) is 13.7. The molecule has 4 heterocycles. The van der Waals surface area contributed by atoms with Gasteiger partial charge in [-0.1, -0.05) is 59.3 Å². The van der Waals surface area contributed by atoms with Crippen LogP contribution in [0.2, 0.25) is 0 Å². The number of fused-ring (bicyclic) bond motifs is 1. The van der Waals surface area contributed by atoms with Gasteiger partial charge in [-0.05, 0) is 85.5 Å². The van der Waals surface area contributed by atoms with Gasteiger partial charge in [0.05, 0.1) is 6.61 Å². The van der Waals surface area contributed by atoms with E-state index < -0.39 is 12.0 Å². The van der Waals surface area contributed by atoms with Gasteiger partial charge in [0.1, 0.15) is 11.9 Å². The van der Waals surface area contributed by atoms with Crippen molar-refractivity contribution in [1.29, 1.82) is 0 Å². The number of allylic oxidation sites excluding steroid dienone is 1. The smallest absolute Gasteiger partial charge is 0.325 e. The maximum Gasteiger partial charge on any atom is 0.325 e. The molecule has 0 radical (unpaired) electrons. The van der Waals surface area contributed by atoms with Gasteiger partial charge in [-0.25, -0.2) is 4.98 Å². The summed E-state index contributed by atoms with van der Waals surface area (Å²) in [7, 11) is 0. The van der Waals surface area contributed by atoms with Gasteiger partial charge in [0.2, 0.25) is 0 Å². The third kappa shape index (κ3) is 7.26. The largest absolute Gasteiger partial charge is 0.480 e. The molecule has 38 heavy (non-hydrogen) atoms. The Kier molecular flexibility index (Phi) is 11.0. The molecule has 2 fully saturated rings. The molecule has 0 bridgehead atoms. The van der Waals surface area contributed by atoms with Gasteiger partial charge in [0.25, 0.3) is 0 Å². The Balaban J connectivity index is 0.00000400. The highest BCUT2D eigenvalue weighted by atomic mass is 16.5. The number of likely N-dealkylation sites (tertiary alicyclic amines) is 1. The van der Waals surface area contributed by atoms with E-state index >= 15 is 0 Å². The topological polar surface area (TPSA) is 74.7 Å². The van der Waals surface area contributed by atoms with Crippen molar-refractivity contribution in [2.75, 3.05) is 38.2 Å². The summed E-state index contributed by atoms with van der Waals surface area (Å²) in [6, 6.07) is 3.85. The van der Waals surface area contributed by atoms with Crippen LogP contribution in [0, 0.1) is 17.3 Å². The van der Waals surface area contributed by atoms with Gasteiger partial charge >= 0.3 is 5.97 Å². The van der Waals surface area contributed by atoms with E-state index in [1.807, 2.05) is 13.0 Å². The Hall–Kier alpha value is -2.18.